The van der Waals surface area contributed by atoms with Gasteiger partial charge < -0.3 is 10.1 Å². The van der Waals surface area contributed by atoms with Crippen LogP contribution in [0.15, 0.2) is 36.4 Å². The molecule has 1 saturated carbocycles. The summed E-state index contributed by atoms with van der Waals surface area (Å²) in [6, 6.07) is 6.59. The van der Waals surface area contributed by atoms with Gasteiger partial charge in [-0.2, -0.15) is 0 Å². The lowest BCUT2D eigenvalue weighted by molar-refractivity contribution is -0.143. The SMILES string of the molecule is COC(=O)N(C)c1ccc(NC(=O)CN2C(=O)C3C4C=CC(C4)C3C2=O)cc1. The predicted molar refractivity (Wildman–Crippen MR) is 100 cm³/mol. The number of imide groups is 1. The van der Waals surface area contributed by atoms with E-state index in [2.05, 4.69) is 10.1 Å². The van der Waals surface area contributed by atoms with Crippen molar-refractivity contribution in [2.45, 2.75) is 6.42 Å². The molecular formula is C20H21N3O5. The van der Waals surface area contributed by atoms with Gasteiger partial charge in [0.15, 0.2) is 0 Å². The van der Waals surface area contributed by atoms with E-state index in [-0.39, 0.29) is 42.0 Å². The lowest BCUT2D eigenvalue weighted by Gasteiger charge is -2.18. The summed E-state index contributed by atoms with van der Waals surface area (Å²) in [4.78, 5) is 51.6. The van der Waals surface area contributed by atoms with Gasteiger partial charge in [-0.25, -0.2) is 4.79 Å². The maximum atomic E-state index is 12.6. The highest BCUT2D eigenvalue weighted by molar-refractivity contribution is 6.09. The minimum Gasteiger partial charge on any atom is -0.452 e. The van der Waals surface area contributed by atoms with E-state index in [0.717, 1.165) is 11.3 Å². The minimum atomic E-state index is -0.503. The van der Waals surface area contributed by atoms with Gasteiger partial charge in [0.2, 0.25) is 17.7 Å². The van der Waals surface area contributed by atoms with Crippen LogP contribution in [0.5, 0.6) is 0 Å². The summed E-state index contributed by atoms with van der Waals surface area (Å²) in [5.41, 5.74) is 1.11. The Balaban J connectivity index is 1.38. The molecule has 8 nitrogen and oxygen atoms in total. The molecule has 2 fully saturated rings. The summed E-state index contributed by atoms with van der Waals surface area (Å²) in [7, 11) is 2.87. The van der Waals surface area contributed by atoms with E-state index in [9.17, 15) is 19.2 Å². The molecule has 1 heterocycles. The average Bonchev–Trinajstić information content (AvgIpc) is 3.37. The van der Waals surface area contributed by atoms with Gasteiger partial charge in [-0.05, 0) is 42.5 Å². The molecule has 2 bridgehead atoms. The number of carbonyl (C=O) groups excluding carboxylic acids is 4. The van der Waals surface area contributed by atoms with E-state index in [1.807, 2.05) is 12.2 Å². The maximum absolute atomic E-state index is 12.6. The second kappa shape index (κ2) is 6.78. The fourth-order valence-corrected chi connectivity index (χ4v) is 4.47. The van der Waals surface area contributed by atoms with Crippen LogP contribution in [0.25, 0.3) is 0 Å². The van der Waals surface area contributed by atoms with Crippen LogP contribution in [0.3, 0.4) is 0 Å². The summed E-state index contributed by atoms with van der Waals surface area (Å²) >= 11 is 0. The Hall–Kier alpha value is -3.16. The molecule has 28 heavy (non-hydrogen) atoms. The number of amides is 4. The first-order chi connectivity index (χ1) is 13.4. The van der Waals surface area contributed by atoms with E-state index in [4.69, 9.17) is 0 Å². The molecular weight excluding hydrogens is 362 g/mol. The van der Waals surface area contributed by atoms with E-state index in [0.29, 0.717) is 11.4 Å². The van der Waals surface area contributed by atoms with Crippen molar-refractivity contribution in [1.29, 1.82) is 0 Å². The van der Waals surface area contributed by atoms with Crippen molar-refractivity contribution in [3.8, 4) is 0 Å². The number of likely N-dealkylation sites (tertiary alicyclic amines) is 1. The Labute approximate surface area is 162 Å². The highest BCUT2D eigenvalue weighted by Gasteiger charge is 2.59. The van der Waals surface area contributed by atoms with Gasteiger partial charge >= 0.3 is 6.09 Å². The van der Waals surface area contributed by atoms with Crippen LogP contribution in [-0.4, -0.2) is 49.4 Å². The Morgan fingerprint density at radius 1 is 1.11 bits per heavy atom. The lowest BCUT2D eigenvalue weighted by Crippen LogP contribution is -2.39. The molecule has 1 N–H and O–H groups in total. The third-order valence-corrected chi connectivity index (χ3v) is 5.85. The third-order valence-electron chi connectivity index (χ3n) is 5.85. The van der Waals surface area contributed by atoms with Crippen LogP contribution in [0, 0.1) is 23.7 Å². The van der Waals surface area contributed by atoms with E-state index in [1.54, 1.807) is 31.3 Å². The van der Waals surface area contributed by atoms with Crippen molar-refractivity contribution >= 4 is 35.2 Å². The molecule has 4 amide bonds. The number of anilines is 2. The predicted octanol–water partition coefficient (Wildman–Crippen LogP) is 1.63. The molecule has 1 aromatic carbocycles. The largest absolute Gasteiger partial charge is 0.452 e. The number of nitrogens with one attached hydrogen (secondary N) is 1. The second-order valence-electron chi connectivity index (χ2n) is 7.39. The molecule has 4 rings (SSSR count). The minimum absolute atomic E-state index is 0.124. The van der Waals surface area contributed by atoms with Crippen LogP contribution >= 0.6 is 0 Å². The number of ether oxygens (including phenoxy) is 1. The Morgan fingerprint density at radius 3 is 2.21 bits per heavy atom. The number of methoxy groups -OCH3 is 1. The summed E-state index contributed by atoms with van der Waals surface area (Å²) in [5, 5.41) is 2.69. The number of hydrogen-bond donors (Lipinski definition) is 1. The molecule has 0 radical (unpaired) electrons. The summed E-state index contributed by atoms with van der Waals surface area (Å²) in [6.45, 7) is -0.284. The zero-order valence-corrected chi connectivity index (χ0v) is 15.6. The molecule has 1 aromatic rings. The number of fused-ring (bicyclic) bond motifs is 5. The molecule has 0 aromatic heterocycles. The molecule has 3 aliphatic rings. The first-order valence-corrected chi connectivity index (χ1v) is 9.16. The van der Waals surface area contributed by atoms with Gasteiger partial charge in [-0.1, -0.05) is 12.2 Å². The van der Waals surface area contributed by atoms with Crippen molar-refractivity contribution in [2.24, 2.45) is 23.7 Å². The number of carbonyl (C=O) groups is 4. The van der Waals surface area contributed by atoms with Crippen molar-refractivity contribution < 1.29 is 23.9 Å². The van der Waals surface area contributed by atoms with Crippen molar-refractivity contribution in [2.75, 3.05) is 30.9 Å². The molecule has 2 aliphatic carbocycles. The normalized spacial score (nSPS) is 27.1. The van der Waals surface area contributed by atoms with E-state index >= 15 is 0 Å². The zero-order valence-electron chi connectivity index (χ0n) is 15.6. The molecule has 1 saturated heterocycles. The quantitative estimate of drug-likeness (QED) is 0.630. The number of hydrogen-bond acceptors (Lipinski definition) is 5. The fourth-order valence-electron chi connectivity index (χ4n) is 4.47. The molecule has 4 atom stereocenters. The smallest absolute Gasteiger partial charge is 0.413 e. The number of nitrogens with zero attached hydrogens (tertiary/aromatic N) is 2. The molecule has 0 spiro atoms. The molecule has 146 valence electrons. The molecule has 8 heteroatoms. The van der Waals surface area contributed by atoms with E-state index < -0.39 is 12.0 Å². The van der Waals surface area contributed by atoms with Gasteiger partial charge in [0.25, 0.3) is 0 Å². The highest BCUT2D eigenvalue weighted by atomic mass is 16.5. The van der Waals surface area contributed by atoms with Crippen LogP contribution in [0.4, 0.5) is 16.2 Å². The Kier molecular flexibility index (Phi) is 4.41. The summed E-state index contributed by atoms with van der Waals surface area (Å²) in [5.74, 6) is -1.27. The highest BCUT2D eigenvalue weighted by Crippen LogP contribution is 2.52. The number of rotatable bonds is 4. The van der Waals surface area contributed by atoms with Gasteiger partial charge in [-0.3, -0.25) is 24.2 Å². The van der Waals surface area contributed by atoms with Crippen LogP contribution in [0.2, 0.25) is 0 Å². The zero-order chi connectivity index (χ0) is 20.0. The number of allylic oxidation sites excluding steroid dienone is 2. The summed E-state index contributed by atoms with van der Waals surface area (Å²) in [6.07, 6.45) is 4.40. The van der Waals surface area contributed by atoms with Crippen molar-refractivity contribution in [1.82, 2.24) is 4.90 Å². The van der Waals surface area contributed by atoms with Gasteiger partial charge in [0.05, 0.1) is 18.9 Å². The Morgan fingerprint density at radius 2 is 1.68 bits per heavy atom. The maximum Gasteiger partial charge on any atom is 0.413 e. The Bertz CT molecular complexity index is 848. The van der Waals surface area contributed by atoms with Crippen LogP contribution in [-0.2, 0) is 19.1 Å². The van der Waals surface area contributed by atoms with E-state index in [1.165, 1.54) is 12.0 Å². The standard InChI is InChI=1S/C20H21N3O5/c1-22(20(27)28-2)14-7-5-13(6-8-14)21-15(24)10-23-18(25)16-11-3-4-12(9-11)17(16)19(23)26/h3-8,11-12,16-17H,9-10H2,1-2H3,(H,21,24). The van der Waals surface area contributed by atoms with Crippen LogP contribution < -0.4 is 10.2 Å². The first kappa shape index (κ1) is 18.2. The number of benzene rings is 1. The monoisotopic (exact) mass is 383 g/mol. The summed E-state index contributed by atoms with van der Waals surface area (Å²) < 4.78 is 4.65. The van der Waals surface area contributed by atoms with Crippen molar-refractivity contribution in [3.63, 3.8) is 0 Å². The third kappa shape index (κ3) is 2.85. The first-order valence-electron chi connectivity index (χ1n) is 9.16. The lowest BCUT2D eigenvalue weighted by atomic mass is 9.85. The molecule has 1 aliphatic heterocycles. The van der Waals surface area contributed by atoms with Crippen molar-refractivity contribution in [3.05, 3.63) is 36.4 Å². The van der Waals surface area contributed by atoms with Gasteiger partial charge in [0.1, 0.15) is 6.54 Å². The topological polar surface area (TPSA) is 96.0 Å². The second-order valence-corrected chi connectivity index (χ2v) is 7.39. The average molecular weight is 383 g/mol. The van der Waals surface area contributed by atoms with Crippen LogP contribution in [0.1, 0.15) is 6.42 Å². The molecule has 4 unspecified atom stereocenters. The van der Waals surface area contributed by atoms with Gasteiger partial charge in [0, 0.05) is 18.4 Å². The van der Waals surface area contributed by atoms with Gasteiger partial charge in [-0.15, -0.1) is 0 Å². The fraction of sp³-hybridized carbons (Fsp3) is 0.400.